The van der Waals surface area contributed by atoms with Crippen LogP contribution in [-0.2, 0) is 9.84 Å². The summed E-state index contributed by atoms with van der Waals surface area (Å²) in [7, 11) is -3.38. The maximum Gasteiger partial charge on any atom is 0.323 e. The SMILES string of the molecule is CS(=O)(=O)c1nc2ccc(NC(=O)Nc3ccc(F)c(Cl)c3)cc2s1. The number of urea groups is 1. The zero-order valence-corrected chi connectivity index (χ0v) is 15.1. The number of thiazole rings is 1. The number of carbonyl (C=O) groups excluding carboxylic acids is 1. The monoisotopic (exact) mass is 399 g/mol. The number of benzene rings is 2. The van der Waals surface area contributed by atoms with Crippen LogP contribution in [0.2, 0.25) is 5.02 Å². The van der Waals surface area contributed by atoms with Crippen molar-refractivity contribution in [2.45, 2.75) is 4.34 Å². The Balaban J connectivity index is 1.77. The number of anilines is 2. The van der Waals surface area contributed by atoms with Gasteiger partial charge in [-0.1, -0.05) is 11.6 Å². The summed E-state index contributed by atoms with van der Waals surface area (Å²) in [5, 5.41) is 5.03. The molecule has 0 spiro atoms. The molecule has 0 atom stereocenters. The van der Waals surface area contributed by atoms with Gasteiger partial charge in [0, 0.05) is 17.6 Å². The van der Waals surface area contributed by atoms with Crippen LogP contribution < -0.4 is 10.6 Å². The summed E-state index contributed by atoms with van der Waals surface area (Å²) >= 11 is 6.68. The predicted octanol–water partition coefficient (Wildman–Crippen LogP) is 4.14. The molecule has 0 fully saturated rings. The van der Waals surface area contributed by atoms with Crippen LogP contribution in [0, 0.1) is 5.82 Å². The van der Waals surface area contributed by atoms with Gasteiger partial charge < -0.3 is 10.6 Å². The zero-order chi connectivity index (χ0) is 18.2. The van der Waals surface area contributed by atoms with Crippen molar-refractivity contribution in [3.63, 3.8) is 0 Å². The van der Waals surface area contributed by atoms with E-state index in [9.17, 15) is 17.6 Å². The van der Waals surface area contributed by atoms with E-state index < -0.39 is 21.7 Å². The van der Waals surface area contributed by atoms with Gasteiger partial charge in [-0.15, -0.1) is 11.3 Å². The van der Waals surface area contributed by atoms with Crippen molar-refractivity contribution in [1.82, 2.24) is 4.98 Å². The van der Waals surface area contributed by atoms with Crippen LogP contribution in [0.25, 0.3) is 10.2 Å². The summed E-state index contributed by atoms with van der Waals surface area (Å²) in [5.74, 6) is -0.579. The molecule has 1 heterocycles. The van der Waals surface area contributed by atoms with Gasteiger partial charge in [0.05, 0.1) is 15.2 Å². The molecule has 0 aliphatic heterocycles. The number of halogens is 2. The third kappa shape index (κ3) is 4.06. The number of sulfone groups is 1. The third-order valence-electron chi connectivity index (χ3n) is 3.12. The second-order valence-corrected chi connectivity index (χ2v) is 8.77. The number of hydrogen-bond acceptors (Lipinski definition) is 5. The minimum atomic E-state index is -3.38. The molecule has 10 heteroatoms. The number of nitrogens with zero attached hydrogens (tertiary/aromatic N) is 1. The fourth-order valence-electron chi connectivity index (χ4n) is 2.01. The number of aromatic nitrogens is 1. The topological polar surface area (TPSA) is 88.2 Å². The molecule has 25 heavy (non-hydrogen) atoms. The fraction of sp³-hybridized carbons (Fsp3) is 0.0667. The van der Waals surface area contributed by atoms with Crippen LogP contribution in [0.4, 0.5) is 20.6 Å². The van der Waals surface area contributed by atoms with Crippen LogP contribution >= 0.6 is 22.9 Å². The number of hydrogen-bond donors (Lipinski definition) is 2. The molecule has 6 nitrogen and oxygen atoms in total. The molecule has 0 radical (unpaired) electrons. The summed E-state index contributed by atoms with van der Waals surface area (Å²) < 4.78 is 36.9. The summed E-state index contributed by atoms with van der Waals surface area (Å²) in [6.07, 6.45) is 1.09. The fourth-order valence-corrected chi connectivity index (χ4v) is 4.06. The molecule has 0 unspecified atom stereocenters. The largest absolute Gasteiger partial charge is 0.323 e. The number of carbonyl (C=O) groups is 1. The van der Waals surface area contributed by atoms with Crippen LogP contribution in [0.3, 0.4) is 0 Å². The first kappa shape index (κ1) is 17.6. The van der Waals surface area contributed by atoms with E-state index in [0.29, 0.717) is 21.6 Å². The third-order valence-corrected chi connectivity index (χ3v) is 6.11. The van der Waals surface area contributed by atoms with E-state index in [1.54, 1.807) is 18.2 Å². The van der Waals surface area contributed by atoms with Crippen molar-refractivity contribution < 1.29 is 17.6 Å². The first-order chi connectivity index (χ1) is 11.7. The minimum Gasteiger partial charge on any atom is -0.308 e. The van der Waals surface area contributed by atoms with E-state index in [2.05, 4.69) is 15.6 Å². The predicted molar refractivity (Wildman–Crippen MR) is 96.8 cm³/mol. The van der Waals surface area contributed by atoms with E-state index in [1.165, 1.54) is 12.1 Å². The molecule has 2 aromatic carbocycles. The molecule has 0 aliphatic carbocycles. The van der Waals surface area contributed by atoms with Crippen LogP contribution in [0.1, 0.15) is 0 Å². The molecule has 0 bridgehead atoms. The van der Waals surface area contributed by atoms with Gasteiger partial charge in [-0.3, -0.25) is 0 Å². The highest BCUT2D eigenvalue weighted by atomic mass is 35.5. The summed E-state index contributed by atoms with van der Waals surface area (Å²) in [6.45, 7) is 0. The van der Waals surface area contributed by atoms with Gasteiger partial charge in [-0.25, -0.2) is 22.6 Å². The van der Waals surface area contributed by atoms with Crippen molar-refractivity contribution in [2.24, 2.45) is 0 Å². The number of fused-ring (bicyclic) bond motifs is 1. The normalized spacial score (nSPS) is 11.5. The lowest BCUT2D eigenvalue weighted by atomic mass is 10.3. The summed E-state index contributed by atoms with van der Waals surface area (Å²) in [4.78, 5) is 16.1. The van der Waals surface area contributed by atoms with E-state index in [-0.39, 0.29) is 9.36 Å². The Labute approximate surface area is 151 Å². The zero-order valence-electron chi connectivity index (χ0n) is 12.7. The quantitative estimate of drug-likeness (QED) is 0.692. The highest BCUT2D eigenvalue weighted by Gasteiger charge is 2.14. The van der Waals surface area contributed by atoms with Crippen molar-refractivity contribution in [2.75, 3.05) is 16.9 Å². The number of rotatable bonds is 3. The minimum absolute atomic E-state index is 0.0186. The lowest BCUT2D eigenvalue weighted by Crippen LogP contribution is -2.19. The van der Waals surface area contributed by atoms with E-state index in [1.807, 2.05) is 0 Å². The van der Waals surface area contributed by atoms with Crippen LogP contribution in [0.5, 0.6) is 0 Å². The highest BCUT2D eigenvalue weighted by Crippen LogP contribution is 2.28. The van der Waals surface area contributed by atoms with Gasteiger partial charge in [0.15, 0.2) is 0 Å². The molecule has 1 aromatic heterocycles. The molecule has 0 aliphatic rings. The maximum absolute atomic E-state index is 13.1. The average Bonchev–Trinajstić information content (AvgIpc) is 2.94. The van der Waals surface area contributed by atoms with Gasteiger partial charge in [-0.2, -0.15) is 0 Å². The van der Waals surface area contributed by atoms with E-state index in [4.69, 9.17) is 11.6 Å². The first-order valence-electron chi connectivity index (χ1n) is 6.86. The smallest absolute Gasteiger partial charge is 0.308 e. The highest BCUT2D eigenvalue weighted by molar-refractivity contribution is 7.92. The van der Waals surface area contributed by atoms with Gasteiger partial charge >= 0.3 is 6.03 Å². The van der Waals surface area contributed by atoms with Crippen molar-refractivity contribution >= 4 is 60.4 Å². The first-order valence-corrected chi connectivity index (χ1v) is 9.95. The number of nitrogens with one attached hydrogen (secondary N) is 2. The Morgan fingerprint density at radius 3 is 2.44 bits per heavy atom. The molecular weight excluding hydrogens is 389 g/mol. The van der Waals surface area contributed by atoms with E-state index >= 15 is 0 Å². The number of amides is 2. The Kier molecular flexibility index (Phi) is 4.63. The molecule has 2 N–H and O–H groups in total. The Hall–Kier alpha value is -2.23. The van der Waals surface area contributed by atoms with Crippen LogP contribution in [-0.4, -0.2) is 25.7 Å². The maximum atomic E-state index is 13.1. The molecule has 130 valence electrons. The lowest BCUT2D eigenvalue weighted by Gasteiger charge is -2.08. The van der Waals surface area contributed by atoms with Crippen molar-refractivity contribution in [1.29, 1.82) is 0 Å². The Morgan fingerprint density at radius 1 is 1.16 bits per heavy atom. The Bertz CT molecular complexity index is 1080. The molecule has 2 amide bonds. The van der Waals surface area contributed by atoms with Gasteiger partial charge in [0.2, 0.25) is 14.2 Å². The van der Waals surface area contributed by atoms with Gasteiger partial charge in [-0.05, 0) is 36.4 Å². The molecule has 3 rings (SSSR count). The molecule has 0 saturated heterocycles. The van der Waals surface area contributed by atoms with E-state index in [0.717, 1.165) is 23.7 Å². The molecule has 3 aromatic rings. The summed E-state index contributed by atoms with van der Waals surface area (Å²) in [5.41, 5.74) is 1.32. The van der Waals surface area contributed by atoms with Gasteiger partial charge in [0.25, 0.3) is 0 Å². The van der Waals surface area contributed by atoms with Crippen molar-refractivity contribution in [3.8, 4) is 0 Å². The summed E-state index contributed by atoms with van der Waals surface area (Å²) in [6, 6.07) is 8.12. The van der Waals surface area contributed by atoms with Gasteiger partial charge in [0.1, 0.15) is 5.82 Å². The van der Waals surface area contributed by atoms with Crippen molar-refractivity contribution in [3.05, 3.63) is 47.2 Å². The second kappa shape index (κ2) is 6.58. The average molecular weight is 400 g/mol. The molecule has 0 saturated carbocycles. The Morgan fingerprint density at radius 2 is 1.80 bits per heavy atom. The molecular formula is C15H11ClFN3O3S2. The standard InChI is InChI=1S/C15H11ClFN3O3S2/c1-25(22,23)15-20-12-5-3-9(7-13(12)24-15)19-14(21)18-8-2-4-11(17)10(16)6-8/h2-7H,1H3,(H2,18,19,21). The second-order valence-electron chi connectivity index (χ2n) is 5.14. The van der Waals surface area contributed by atoms with Crippen LogP contribution in [0.15, 0.2) is 40.7 Å². The lowest BCUT2D eigenvalue weighted by molar-refractivity contribution is 0.262.